The highest BCUT2D eigenvalue weighted by atomic mass is 16.7. The van der Waals surface area contributed by atoms with E-state index in [1.54, 1.807) is 21.1 Å². The second kappa shape index (κ2) is 23.3. The molecule has 2 aromatic rings. The van der Waals surface area contributed by atoms with Gasteiger partial charge in [-0.05, 0) is 55.2 Å². The number of benzene rings is 2. The van der Waals surface area contributed by atoms with E-state index in [0.29, 0.717) is 43.7 Å². The first-order chi connectivity index (χ1) is 20.1. The van der Waals surface area contributed by atoms with E-state index in [1.165, 1.54) is 13.2 Å². The Bertz CT molecular complexity index is 1090. The molecule has 0 aliphatic heterocycles. The zero-order valence-electron chi connectivity index (χ0n) is 25.3. The molecule has 1 N–H and O–H groups in total. The Morgan fingerprint density at radius 1 is 0.786 bits per heavy atom. The summed E-state index contributed by atoms with van der Waals surface area (Å²) in [6, 6.07) is 11.6. The Balaban J connectivity index is 0.000000721. The van der Waals surface area contributed by atoms with E-state index < -0.39 is 12.3 Å². The molecule has 0 heterocycles. The number of methoxy groups -OCH3 is 2. The van der Waals surface area contributed by atoms with Crippen molar-refractivity contribution in [1.29, 1.82) is 0 Å². The number of allylic oxidation sites excluding steroid dienone is 2. The number of aliphatic carboxylic acids is 1. The van der Waals surface area contributed by atoms with Gasteiger partial charge in [0.1, 0.15) is 19.8 Å². The lowest BCUT2D eigenvalue weighted by Gasteiger charge is -2.14. The molecule has 0 aromatic heterocycles. The van der Waals surface area contributed by atoms with Crippen molar-refractivity contribution in [2.24, 2.45) is 0 Å². The van der Waals surface area contributed by atoms with Crippen LogP contribution in [0.5, 0.6) is 23.0 Å². The molecule has 0 bridgehead atoms. The summed E-state index contributed by atoms with van der Waals surface area (Å²) in [5, 5.41) is 7.42. The van der Waals surface area contributed by atoms with Crippen LogP contribution in [0.4, 0.5) is 0 Å². The van der Waals surface area contributed by atoms with E-state index in [9.17, 15) is 4.79 Å². The van der Waals surface area contributed by atoms with Gasteiger partial charge in [-0.25, -0.2) is 0 Å². The Hall–Kier alpha value is -4.44. The molecule has 10 heteroatoms. The van der Waals surface area contributed by atoms with E-state index in [4.69, 9.17) is 43.1 Å². The molecular weight excluding hydrogens is 544 g/mol. The first kappa shape index (κ1) is 37.6. The summed E-state index contributed by atoms with van der Waals surface area (Å²) in [6.45, 7) is 16.5. The van der Waals surface area contributed by atoms with Gasteiger partial charge >= 0.3 is 5.97 Å². The van der Waals surface area contributed by atoms with Crippen LogP contribution in [0.3, 0.4) is 0 Å². The van der Waals surface area contributed by atoms with Crippen LogP contribution in [-0.2, 0) is 36.6 Å². The average Bonchev–Trinajstić information content (AvgIpc) is 2.94. The zero-order chi connectivity index (χ0) is 31.8. The standard InChI is InChI=1S/C16H22O5.C14H18O3.C2H4O2/c1-5-6-14-7-8-15(16(11-14)18-4)20-10-9-19-13(3)21-12(2)17;1-4-6-12-7-8-13(14(11-12)15-3)17-10-9-16-5-2;1-2(3)4/h5,7-8,11,13H,1,6,9-10H2,2-4H3;4-5,7-8,11H,1-2,6,9-10H2,3H3;1H3,(H,3,4). The van der Waals surface area contributed by atoms with Crippen LogP contribution in [0, 0.1) is 0 Å². The molecule has 1 atom stereocenters. The van der Waals surface area contributed by atoms with Gasteiger partial charge < -0.3 is 38.3 Å². The van der Waals surface area contributed by atoms with Crippen LogP contribution in [0.1, 0.15) is 31.9 Å². The normalized spacial score (nSPS) is 10.2. The molecule has 0 spiro atoms. The minimum absolute atomic E-state index is 0.312. The fourth-order valence-electron chi connectivity index (χ4n) is 3.17. The molecule has 0 fully saturated rings. The molecule has 1 unspecified atom stereocenters. The van der Waals surface area contributed by atoms with Gasteiger partial charge in [-0.1, -0.05) is 30.9 Å². The Labute approximate surface area is 249 Å². The molecule has 232 valence electrons. The lowest BCUT2D eigenvalue weighted by Crippen LogP contribution is -2.19. The van der Waals surface area contributed by atoms with Gasteiger partial charge in [-0.3, -0.25) is 9.59 Å². The Morgan fingerprint density at radius 2 is 1.24 bits per heavy atom. The van der Waals surface area contributed by atoms with Gasteiger partial charge in [0.25, 0.3) is 5.97 Å². The van der Waals surface area contributed by atoms with Crippen LogP contribution < -0.4 is 18.9 Å². The quantitative estimate of drug-likeness (QED) is 0.0800. The maximum atomic E-state index is 10.7. The van der Waals surface area contributed by atoms with Crippen LogP contribution in [0.15, 0.2) is 74.5 Å². The minimum atomic E-state index is -0.833. The van der Waals surface area contributed by atoms with Gasteiger partial charge in [0.2, 0.25) is 0 Å². The van der Waals surface area contributed by atoms with E-state index >= 15 is 0 Å². The lowest BCUT2D eigenvalue weighted by atomic mass is 10.1. The number of esters is 1. The largest absolute Gasteiger partial charge is 0.498 e. The summed E-state index contributed by atoms with van der Waals surface area (Å²) in [5.41, 5.74) is 2.25. The molecule has 42 heavy (non-hydrogen) atoms. The highest BCUT2D eigenvalue weighted by Crippen LogP contribution is 2.29. The molecular formula is C32H44O10. The molecule has 0 amide bonds. The second-order valence-electron chi connectivity index (χ2n) is 8.26. The monoisotopic (exact) mass is 588 g/mol. The van der Waals surface area contributed by atoms with Crippen LogP contribution in [-0.4, -0.2) is 64.0 Å². The highest BCUT2D eigenvalue weighted by Gasteiger charge is 2.08. The van der Waals surface area contributed by atoms with Crippen molar-refractivity contribution in [1.82, 2.24) is 0 Å². The number of hydrogen-bond acceptors (Lipinski definition) is 9. The summed E-state index contributed by atoms with van der Waals surface area (Å²) in [6.07, 6.45) is 6.10. The summed E-state index contributed by atoms with van der Waals surface area (Å²) >= 11 is 0. The molecule has 0 aliphatic rings. The zero-order valence-corrected chi connectivity index (χ0v) is 25.3. The van der Waals surface area contributed by atoms with Crippen LogP contribution >= 0.6 is 0 Å². The maximum Gasteiger partial charge on any atom is 0.304 e. The topological polar surface area (TPSA) is 119 Å². The number of carbonyl (C=O) groups is 2. The van der Waals surface area contributed by atoms with Crippen molar-refractivity contribution in [3.63, 3.8) is 0 Å². The molecule has 2 rings (SSSR count). The number of carboxylic acids is 1. The average molecular weight is 589 g/mol. The molecule has 0 radical (unpaired) electrons. The summed E-state index contributed by atoms with van der Waals surface area (Å²) < 4.78 is 36.8. The van der Waals surface area contributed by atoms with E-state index in [0.717, 1.165) is 36.6 Å². The third kappa shape index (κ3) is 18.0. The van der Waals surface area contributed by atoms with Crippen molar-refractivity contribution in [2.75, 3.05) is 40.6 Å². The molecule has 2 aromatic carbocycles. The van der Waals surface area contributed by atoms with E-state index in [2.05, 4.69) is 19.7 Å². The third-order valence-electron chi connectivity index (χ3n) is 4.82. The number of hydrogen-bond donors (Lipinski definition) is 1. The van der Waals surface area contributed by atoms with Crippen LogP contribution in [0.25, 0.3) is 0 Å². The van der Waals surface area contributed by atoms with Gasteiger partial charge in [0, 0.05) is 13.8 Å². The third-order valence-corrected chi connectivity index (χ3v) is 4.82. The fraction of sp³-hybridized carbons (Fsp3) is 0.375. The predicted octanol–water partition coefficient (Wildman–Crippen LogP) is 5.78. The minimum Gasteiger partial charge on any atom is -0.498 e. The predicted molar refractivity (Wildman–Crippen MR) is 161 cm³/mol. The fourth-order valence-corrected chi connectivity index (χ4v) is 3.17. The maximum absolute atomic E-state index is 10.7. The molecule has 10 nitrogen and oxygen atoms in total. The van der Waals surface area contributed by atoms with Gasteiger partial charge in [0.05, 0.1) is 27.1 Å². The SMILES string of the molecule is C=CCc1ccc(OCCOC(C)OC(C)=O)c(OC)c1.C=CCc1ccc(OCCOC=C)c(OC)c1.CC(=O)O. The van der Waals surface area contributed by atoms with E-state index in [1.807, 2.05) is 48.6 Å². The van der Waals surface area contributed by atoms with Crippen molar-refractivity contribution >= 4 is 11.9 Å². The molecule has 0 saturated carbocycles. The van der Waals surface area contributed by atoms with E-state index in [-0.39, 0.29) is 5.97 Å². The molecule has 0 saturated heterocycles. The summed E-state index contributed by atoms with van der Waals surface area (Å²) in [7, 11) is 3.22. The Morgan fingerprint density at radius 3 is 1.62 bits per heavy atom. The number of carbonyl (C=O) groups excluding carboxylic acids is 1. The second-order valence-corrected chi connectivity index (χ2v) is 8.26. The van der Waals surface area contributed by atoms with Gasteiger partial charge in [-0.15, -0.1) is 13.2 Å². The lowest BCUT2D eigenvalue weighted by molar-refractivity contribution is -0.173. The number of carboxylic acid groups (broad SMARTS) is 1. The van der Waals surface area contributed by atoms with Crippen molar-refractivity contribution in [2.45, 2.75) is 39.9 Å². The van der Waals surface area contributed by atoms with Crippen molar-refractivity contribution < 1.29 is 47.9 Å². The number of rotatable bonds is 17. The van der Waals surface area contributed by atoms with Crippen LogP contribution in [0.2, 0.25) is 0 Å². The smallest absolute Gasteiger partial charge is 0.304 e. The first-order valence-corrected chi connectivity index (χ1v) is 13.1. The van der Waals surface area contributed by atoms with Crippen molar-refractivity contribution in [3.8, 4) is 23.0 Å². The first-order valence-electron chi connectivity index (χ1n) is 13.1. The van der Waals surface area contributed by atoms with Gasteiger partial charge in [0.15, 0.2) is 29.3 Å². The van der Waals surface area contributed by atoms with Gasteiger partial charge in [-0.2, -0.15) is 0 Å². The summed E-state index contributed by atoms with van der Waals surface area (Å²) in [5.74, 6) is 1.55. The van der Waals surface area contributed by atoms with Crippen molar-refractivity contribution in [3.05, 3.63) is 85.7 Å². The number of ether oxygens (including phenoxy) is 7. The Kier molecular flexibility index (Phi) is 20.8. The highest BCUT2D eigenvalue weighted by molar-refractivity contribution is 5.66. The summed E-state index contributed by atoms with van der Waals surface area (Å²) in [4.78, 5) is 19.7. The molecule has 0 aliphatic carbocycles.